The van der Waals surface area contributed by atoms with Crippen LogP contribution < -0.4 is 21.5 Å². The van der Waals surface area contributed by atoms with Gasteiger partial charge in [-0.1, -0.05) is 35.9 Å². The monoisotopic (exact) mass is 606 g/mol. The van der Waals surface area contributed by atoms with Gasteiger partial charge in [0.05, 0.1) is 27.2 Å². The molecule has 3 aromatic carbocycles. The molecule has 224 valence electrons. The molecule has 0 spiro atoms. The minimum absolute atomic E-state index is 0.00868. The van der Waals surface area contributed by atoms with Crippen molar-refractivity contribution in [1.82, 2.24) is 14.5 Å². The van der Waals surface area contributed by atoms with Crippen molar-refractivity contribution in [2.45, 2.75) is 26.3 Å². The summed E-state index contributed by atoms with van der Waals surface area (Å²) in [6.45, 7) is 2.27. The highest BCUT2D eigenvalue weighted by molar-refractivity contribution is 6.34. The van der Waals surface area contributed by atoms with E-state index >= 15 is 0 Å². The molecule has 0 radical (unpaired) electrons. The number of nitrogens with one attached hydrogen (secondary N) is 1. The minimum atomic E-state index is -1.18. The normalized spacial score (nSPS) is 11.6. The van der Waals surface area contributed by atoms with Crippen LogP contribution in [0.15, 0.2) is 70.3 Å². The van der Waals surface area contributed by atoms with Gasteiger partial charge in [0.15, 0.2) is 0 Å². The van der Waals surface area contributed by atoms with Gasteiger partial charge in [-0.15, -0.1) is 0 Å². The highest BCUT2D eigenvalue weighted by Crippen LogP contribution is 2.21. The fourth-order valence-corrected chi connectivity index (χ4v) is 4.89. The molecule has 1 heterocycles. The van der Waals surface area contributed by atoms with Crippen molar-refractivity contribution in [2.24, 2.45) is 7.05 Å². The lowest BCUT2D eigenvalue weighted by Crippen LogP contribution is -2.44. The van der Waals surface area contributed by atoms with Gasteiger partial charge in [-0.05, 0) is 54.4 Å². The van der Waals surface area contributed by atoms with E-state index in [1.165, 1.54) is 11.5 Å². The number of aromatic nitrogens is 2. The Hall–Kier alpha value is -4.90. The molecule has 1 aromatic heterocycles. The molecule has 1 amide bonds. The van der Waals surface area contributed by atoms with E-state index in [1.807, 2.05) is 25.1 Å². The number of anilines is 1. The maximum absolute atomic E-state index is 13.5. The number of amides is 1. The second kappa shape index (κ2) is 13.0. The number of halogens is 1. The molecule has 43 heavy (non-hydrogen) atoms. The first-order valence-electron chi connectivity index (χ1n) is 13.3. The number of esters is 2. The van der Waals surface area contributed by atoms with Crippen LogP contribution in [0, 0.1) is 6.92 Å². The fraction of sp³-hybridized carbons (Fsp3) is 0.258. The third kappa shape index (κ3) is 6.78. The molecular formula is C31H31ClN4O7. The quantitative estimate of drug-likeness (QED) is 0.227. The summed E-state index contributed by atoms with van der Waals surface area (Å²) in [6.07, 6.45) is -0.00868. The van der Waals surface area contributed by atoms with Crippen molar-refractivity contribution in [3.05, 3.63) is 103 Å². The molecule has 4 aromatic rings. The molecule has 11 nitrogen and oxygen atoms in total. The third-order valence-electron chi connectivity index (χ3n) is 6.91. The molecule has 0 unspecified atom stereocenters. The Morgan fingerprint density at radius 2 is 1.70 bits per heavy atom. The SMILES string of the molecule is CC(=O)OCOC(=O)[C@H](Cc1ccc(-n2c(=O)c3cc(N(C)C)ccc3n(C)c2=O)cc1)NC(=O)c1c(C)cccc1Cl. The average molecular weight is 607 g/mol. The van der Waals surface area contributed by atoms with Gasteiger partial charge in [0.2, 0.25) is 6.79 Å². The van der Waals surface area contributed by atoms with E-state index in [4.69, 9.17) is 21.1 Å². The Morgan fingerprint density at radius 1 is 1.00 bits per heavy atom. The van der Waals surface area contributed by atoms with Crippen LogP contribution in [0.1, 0.15) is 28.4 Å². The summed E-state index contributed by atoms with van der Waals surface area (Å²) in [4.78, 5) is 65.7. The van der Waals surface area contributed by atoms with Gasteiger partial charge in [-0.3, -0.25) is 19.0 Å². The van der Waals surface area contributed by atoms with Crippen LogP contribution >= 0.6 is 11.6 Å². The molecule has 0 aliphatic rings. The molecule has 4 rings (SSSR count). The molecule has 0 aliphatic heterocycles. The number of carbonyl (C=O) groups is 3. The number of aryl methyl sites for hydroxylation is 2. The predicted molar refractivity (Wildman–Crippen MR) is 163 cm³/mol. The molecule has 0 fully saturated rings. The maximum Gasteiger partial charge on any atom is 0.335 e. The molecule has 0 bridgehead atoms. The average Bonchev–Trinajstić information content (AvgIpc) is 2.96. The topological polar surface area (TPSA) is 129 Å². The summed E-state index contributed by atoms with van der Waals surface area (Å²) in [5.74, 6) is -2.05. The van der Waals surface area contributed by atoms with Crippen LogP contribution in [0.4, 0.5) is 5.69 Å². The molecule has 0 aliphatic carbocycles. The Labute approximate surface area is 252 Å². The lowest BCUT2D eigenvalue weighted by molar-refractivity contribution is -0.167. The maximum atomic E-state index is 13.5. The highest BCUT2D eigenvalue weighted by atomic mass is 35.5. The van der Waals surface area contributed by atoms with E-state index < -0.39 is 41.9 Å². The molecule has 0 saturated carbocycles. The van der Waals surface area contributed by atoms with Gasteiger partial charge in [0, 0.05) is 40.2 Å². The first-order chi connectivity index (χ1) is 20.4. The van der Waals surface area contributed by atoms with E-state index in [0.717, 1.165) is 10.3 Å². The number of nitrogens with zero attached hydrogens (tertiary/aromatic N) is 3. The van der Waals surface area contributed by atoms with Gasteiger partial charge in [0.1, 0.15) is 6.04 Å². The van der Waals surface area contributed by atoms with E-state index in [1.54, 1.807) is 68.6 Å². The molecular weight excluding hydrogens is 576 g/mol. The van der Waals surface area contributed by atoms with Crippen LogP contribution in [0.25, 0.3) is 16.6 Å². The summed E-state index contributed by atoms with van der Waals surface area (Å²) in [7, 11) is 5.31. The summed E-state index contributed by atoms with van der Waals surface area (Å²) in [5.41, 5.74) is 2.08. The van der Waals surface area contributed by atoms with Crippen LogP contribution in [0.3, 0.4) is 0 Å². The standard InChI is InChI=1S/C31H31ClN4O7/c1-18-7-6-8-24(32)27(18)28(38)33-25(30(40)43-17-42-19(2)37)15-20-9-11-21(12-10-20)36-29(39)23-16-22(34(3)4)13-14-26(23)35(5)31(36)41/h6-14,16,25H,15,17H2,1-5H3,(H,33,38)/t25-/m0/s1. The molecule has 12 heteroatoms. The minimum Gasteiger partial charge on any atom is -0.428 e. The van der Waals surface area contributed by atoms with Crippen molar-refractivity contribution in [1.29, 1.82) is 0 Å². The van der Waals surface area contributed by atoms with E-state index in [2.05, 4.69) is 5.32 Å². The fourth-order valence-electron chi connectivity index (χ4n) is 4.59. The zero-order chi connectivity index (χ0) is 31.4. The van der Waals surface area contributed by atoms with Crippen LogP contribution in [0.5, 0.6) is 0 Å². The van der Waals surface area contributed by atoms with Crippen molar-refractivity contribution < 1.29 is 23.9 Å². The Balaban J connectivity index is 1.65. The molecule has 0 saturated heterocycles. The summed E-state index contributed by atoms with van der Waals surface area (Å²) >= 11 is 6.25. The second-order valence-corrected chi connectivity index (χ2v) is 10.5. The second-order valence-electron chi connectivity index (χ2n) is 10.1. The van der Waals surface area contributed by atoms with Gasteiger partial charge < -0.3 is 19.7 Å². The van der Waals surface area contributed by atoms with Gasteiger partial charge >= 0.3 is 17.6 Å². The smallest absolute Gasteiger partial charge is 0.335 e. The zero-order valence-corrected chi connectivity index (χ0v) is 25.1. The van der Waals surface area contributed by atoms with Crippen molar-refractivity contribution >= 4 is 46.0 Å². The Kier molecular flexibility index (Phi) is 9.35. The van der Waals surface area contributed by atoms with Gasteiger partial charge in [-0.25, -0.2) is 14.2 Å². The van der Waals surface area contributed by atoms with Crippen molar-refractivity contribution in [3.8, 4) is 5.69 Å². The van der Waals surface area contributed by atoms with E-state index in [0.29, 0.717) is 27.7 Å². The lowest BCUT2D eigenvalue weighted by atomic mass is 10.0. The number of fused-ring (bicyclic) bond motifs is 1. The van der Waals surface area contributed by atoms with E-state index in [9.17, 15) is 24.0 Å². The number of ether oxygens (including phenoxy) is 2. The van der Waals surface area contributed by atoms with E-state index in [-0.39, 0.29) is 17.0 Å². The number of rotatable bonds is 9. The summed E-state index contributed by atoms with van der Waals surface area (Å²) < 4.78 is 12.3. The van der Waals surface area contributed by atoms with Crippen molar-refractivity contribution in [2.75, 3.05) is 25.8 Å². The number of carbonyl (C=O) groups excluding carboxylic acids is 3. The third-order valence-corrected chi connectivity index (χ3v) is 7.22. The van der Waals surface area contributed by atoms with Crippen LogP contribution in [-0.4, -0.2) is 53.9 Å². The first kappa shape index (κ1) is 31.0. The molecule has 1 N–H and O–H groups in total. The zero-order valence-electron chi connectivity index (χ0n) is 24.3. The van der Waals surface area contributed by atoms with Gasteiger partial charge in [0.25, 0.3) is 11.5 Å². The highest BCUT2D eigenvalue weighted by Gasteiger charge is 2.26. The summed E-state index contributed by atoms with van der Waals surface area (Å²) in [6, 6.07) is 15.6. The predicted octanol–water partition coefficient (Wildman–Crippen LogP) is 3.12. The first-order valence-corrected chi connectivity index (χ1v) is 13.6. The van der Waals surface area contributed by atoms with Crippen LogP contribution in [-0.2, 0) is 32.5 Å². The number of hydrogen-bond donors (Lipinski definition) is 1. The summed E-state index contributed by atoms with van der Waals surface area (Å²) in [5, 5.41) is 3.25. The van der Waals surface area contributed by atoms with Crippen molar-refractivity contribution in [3.63, 3.8) is 0 Å². The molecule has 1 atom stereocenters. The Bertz CT molecular complexity index is 1810. The largest absolute Gasteiger partial charge is 0.428 e. The van der Waals surface area contributed by atoms with Gasteiger partial charge in [-0.2, -0.15) is 0 Å². The number of benzene rings is 3. The Morgan fingerprint density at radius 3 is 2.33 bits per heavy atom. The lowest BCUT2D eigenvalue weighted by Gasteiger charge is -2.19. The number of hydrogen-bond acceptors (Lipinski definition) is 8. The van der Waals surface area contributed by atoms with Crippen LogP contribution in [0.2, 0.25) is 5.02 Å².